The van der Waals surface area contributed by atoms with Crippen LogP contribution in [-0.2, 0) is 20.0 Å². The SMILES string of the molecule is CC1Cc2ccc(-c3cc(C(=O)N4CCC(N(C)C)C4)n(C)c3)cc2CN1c1cc(N2CCN(C)CC2)nc(N)n1. The number of carbonyl (C=O) groups excluding carboxylic acids is 1. The average Bonchev–Trinajstić information content (AvgIpc) is 3.60. The minimum Gasteiger partial charge on any atom is -0.368 e. The number of benzene rings is 1. The lowest BCUT2D eigenvalue weighted by molar-refractivity contribution is 0.0773. The summed E-state index contributed by atoms with van der Waals surface area (Å²) < 4.78 is 1.97. The van der Waals surface area contributed by atoms with E-state index in [1.54, 1.807) is 0 Å². The van der Waals surface area contributed by atoms with Gasteiger partial charge < -0.3 is 34.8 Å². The molecule has 1 amide bonds. The third-order valence-corrected chi connectivity index (χ3v) is 9.17. The molecule has 0 aliphatic carbocycles. The molecule has 10 nitrogen and oxygen atoms in total. The lowest BCUT2D eigenvalue weighted by Gasteiger charge is -2.37. The molecule has 10 heteroatoms. The Morgan fingerprint density at radius 1 is 0.951 bits per heavy atom. The van der Waals surface area contributed by atoms with Crippen LogP contribution >= 0.6 is 0 Å². The zero-order valence-electron chi connectivity index (χ0n) is 25.0. The summed E-state index contributed by atoms with van der Waals surface area (Å²) >= 11 is 0. The van der Waals surface area contributed by atoms with Gasteiger partial charge >= 0.3 is 0 Å². The van der Waals surface area contributed by atoms with Crippen LogP contribution in [0.1, 0.15) is 35.0 Å². The maximum absolute atomic E-state index is 13.4. The normalized spacial score (nSPS) is 21.6. The fourth-order valence-electron chi connectivity index (χ4n) is 6.46. The number of fused-ring (bicyclic) bond motifs is 1. The summed E-state index contributed by atoms with van der Waals surface area (Å²) in [6.45, 7) is 8.48. The molecule has 2 aromatic heterocycles. The number of nitrogens with two attached hydrogens (primary N) is 1. The van der Waals surface area contributed by atoms with Gasteiger partial charge in [-0.25, -0.2) is 0 Å². The number of carbonyl (C=O) groups is 1. The summed E-state index contributed by atoms with van der Waals surface area (Å²) in [6, 6.07) is 11.6. The lowest BCUT2D eigenvalue weighted by atomic mass is 9.92. The van der Waals surface area contributed by atoms with Crippen LogP contribution in [0.3, 0.4) is 0 Å². The van der Waals surface area contributed by atoms with Crippen LogP contribution in [0.5, 0.6) is 0 Å². The standard InChI is InChI=1S/C31H43N9O/c1-21-14-22-6-7-23(25-16-27(37(5)18-25)30(41)39-9-8-26(20-39)35(2)3)15-24(22)19-40(21)29-17-28(33-31(32)34-29)38-12-10-36(4)11-13-38/h6-7,15-18,21,26H,8-14,19-20H2,1-5H3,(H2,32,33,34). The molecule has 0 radical (unpaired) electrons. The summed E-state index contributed by atoms with van der Waals surface area (Å²) in [4.78, 5) is 33.8. The van der Waals surface area contributed by atoms with Gasteiger partial charge in [-0.3, -0.25) is 4.79 Å². The van der Waals surface area contributed by atoms with E-state index < -0.39 is 0 Å². The van der Waals surface area contributed by atoms with Gasteiger partial charge in [0.2, 0.25) is 5.95 Å². The van der Waals surface area contributed by atoms with E-state index >= 15 is 0 Å². The van der Waals surface area contributed by atoms with Crippen molar-refractivity contribution in [1.29, 1.82) is 0 Å². The molecule has 2 atom stereocenters. The molecule has 0 spiro atoms. The number of piperazine rings is 1. The highest BCUT2D eigenvalue weighted by Crippen LogP contribution is 2.33. The number of aryl methyl sites for hydroxylation is 1. The zero-order chi connectivity index (χ0) is 28.8. The Kier molecular flexibility index (Phi) is 7.37. The molecule has 1 aromatic carbocycles. The number of hydrogen-bond acceptors (Lipinski definition) is 8. The highest BCUT2D eigenvalue weighted by atomic mass is 16.2. The average molecular weight is 558 g/mol. The largest absolute Gasteiger partial charge is 0.368 e. The number of amides is 1. The van der Waals surface area contributed by atoms with Crippen molar-refractivity contribution in [2.45, 2.75) is 38.4 Å². The van der Waals surface area contributed by atoms with Crippen LogP contribution in [0.2, 0.25) is 0 Å². The van der Waals surface area contributed by atoms with Crippen molar-refractivity contribution in [3.05, 3.63) is 53.3 Å². The van der Waals surface area contributed by atoms with Crippen molar-refractivity contribution in [2.75, 3.05) is 75.9 Å². The summed E-state index contributed by atoms with van der Waals surface area (Å²) in [7, 11) is 8.29. The molecule has 2 N–H and O–H groups in total. The molecule has 3 aliphatic heterocycles. The number of aromatic nitrogens is 3. The minimum absolute atomic E-state index is 0.110. The Labute approximate surface area is 243 Å². The van der Waals surface area contributed by atoms with E-state index in [9.17, 15) is 4.79 Å². The maximum Gasteiger partial charge on any atom is 0.270 e. The summed E-state index contributed by atoms with van der Waals surface area (Å²) in [5.41, 5.74) is 11.8. The first-order valence-corrected chi connectivity index (χ1v) is 14.7. The summed E-state index contributed by atoms with van der Waals surface area (Å²) in [5.74, 6) is 2.21. The topological polar surface area (TPSA) is 90.0 Å². The number of likely N-dealkylation sites (tertiary alicyclic amines) is 1. The van der Waals surface area contributed by atoms with Gasteiger partial charge in [-0.15, -0.1) is 0 Å². The monoisotopic (exact) mass is 557 g/mol. The van der Waals surface area contributed by atoms with Crippen molar-refractivity contribution in [2.24, 2.45) is 7.05 Å². The second-order valence-corrected chi connectivity index (χ2v) is 12.3. The van der Waals surface area contributed by atoms with Crippen LogP contribution in [0.15, 0.2) is 36.5 Å². The van der Waals surface area contributed by atoms with E-state index in [-0.39, 0.29) is 11.9 Å². The molecule has 218 valence electrons. The molecule has 2 fully saturated rings. The van der Waals surface area contributed by atoms with Gasteiger partial charge in [-0.2, -0.15) is 9.97 Å². The van der Waals surface area contributed by atoms with Crippen molar-refractivity contribution in [3.63, 3.8) is 0 Å². The van der Waals surface area contributed by atoms with Crippen LogP contribution in [0.25, 0.3) is 11.1 Å². The van der Waals surface area contributed by atoms with E-state index in [0.29, 0.717) is 12.0 Å². The first-order valence-electron chi connectivity index (χ1n) is 14.7. The predicted molar refractivity (Wildman–Crippen MR) is 164 cm³/mol. The first kappa shape index (κ1) is 27.5. The summed E-state index contributed by atoms with van der Waals surface area (Å²) in [5, 5.41) is 0. The van der Waals surface area contributed by atoms with Gasteiger partial charge in [0.15, 0.2) is 0 Å². The lowest BCUT2D eigenvalue weighted by Crippen LogP contribution is -2.45. The van der Waals surface area contributed by atoms with Crippen LogP contribution in [0.4, 0.5) is 17.6 Å². The highest BCUT2D eigenvalue weighted by molar-refractivity contribution is 5.94. The Morgan fingerprint density at radius 2 is 1.71 bits per heavy atom. The van der Waals surface area contributed by atoms with Crippen LogP contribution < -0.4 is 15.5 Å². The van der Waals surface area contributed by atoms with Gasteiger partial charge in [0.1, 0.15) is 17.3 Å². The third kappa shape index (κ3) is 5.50. The number of likely N-dealkylation sites (N-methyl/N-ethyl adjacent to an activating group) is 2. The third-order valence-electron chi connectivity index (χ3n) is 9.17. The molecule has 3 aromatic rings. The van der Waals surface area contributed by atoms with Gasteiger partial charge in [0, 0.05) is 82.8 Å². The predicted octanol–water partition coefficient (Wildman–Crippen LogP) is 2.54. The van der Waals surface area contributed by atoms with E-state index in [2.05, 4.69) is 88.1 Å². The second kappa shape index (κ2) is 11.0. The van der Waals surface area contributed by atoms with Gasteiger partial charge in [-0.1, -0.05) is 12.1 Å². The molecule has 6 rings (SSSR count). The minimum atomic E-state index is 0.110. The number of rotatable bonds is 5. The fourth-order valence-corrected chi connectivity index (χ4v) is 6.46. The molecular weight excluding hydrogens is 514 g/mol. The van der Waals surface area contributed by atoms with Crippen molar-refractivity contribution < 1.29 is 4.79 Å². The van der Waals surface area contributed by atoms with Crippen LogP contribution in [0, 0.1) is 0 Å². The molecule has 0 bridgehead atoms. The van der Waals surface area contributed by atoms with Crippen LogP contribution in [-0.4, -0.2) is 108 Å². The maximum atomic E-state index is 13.4. The van der Waals surface area contributed by atoms with E-state index in [0.717, 1.165) is 87.1 Å². The molecule has 5 heterocycles. The Hall–Kier alpha value is -3.63. The fraction of sp³-hybridized carbons (Fsp3) is 0.516. The van der Waals surface area contributed by atoms with Crippen molar-refractivity contribution >= 4 is 23.5 Å². The van der Waals surface area contributed by atoms with Gasteiger partial charge in [-0.05, 0) is 69.7 Å². The van der Waals surface area contributed by atoms with Gasteiger partial charge in [0.25, 0.3) is 5.91 Å². The molecule has 0 saturated carbocycles. The Balaban J connectivity index is 1.23. The van der Waals surface area contributed by atoms with Crippen molar-refractivity contribution in [3.8, 4) is 11.1 Å². The Bertz CT molecular complexity index is 1420. The quantitative estimate of drug-likeness (QED) is 0.512. The van der Waals surface area contributed by atoms with E-state index in [4.69, 9.17) is 5.73 Å². The number of anilines is 3. The first-order chi connectivity index (χ1) is 19.7. The molecular formula is C31H43N9O. The molecule has 3 aliphatic rings. The smallest absolute Gasteiger partial charge is 0.270 e. The molecule has 41 heavy (non-hydrogen) atoms. The van der Waals surface area contributed by atoms with Gasteiger partial charge in [0.05, 0.1) is 0 Å². The zero-order valence-corrected chi connectivity index (χ0v) is 25.0. The second-order valence-electron chi connectivity index (χ2n) is 12.3. The molecule has 2 unspecified atom stereocenters. The number of hydrogen-bond donors (Lipinski definition) is 1. The van der Waals surface area contributed by atoms with E-state index in [1.807, 2.05) is 22.6 Å². The van der Waals surface area contributed by atoms with Crippen molar-refractivity contribution in [1.82, 2.24) is 29.2 Å². The highest BCUT2D eigenvalue weighted by Gasteiger charge is 2.30. The van der Waals surface area contributed by atoms with E-state index in [1.165, 1.54) is 11.1 Å². The molecule has 2 saturated heterocycles. The Morgan fingerprint density at radius 3 is 2.44 bits per heavy atom. The number of nitrogen functional groups attached to an aromatic ring is 1. The summed E-state index contributed by atoms with van der Waals surface area (Å²) in [6.07, 6.45) is 4.03. The number of nitrogens with zero attached hydrogens (tertiary/aromatic N) is 8.